The molecule has 11 rings (SSSR count). The molecule has 0 bridgehead atoms. The van der Waals surface area contributed by atoms with Crippen LogP contribution < -0.4 is 14.7 Å². The molecule has 0 unspecified atom stereocenters. The van der Waals surface area contributed by atoms with Crippen molar-refractivity contribution in [3.8, 4) is 11.1 Å². The SMILES string of the molecule is C=C/C(=C\C1=C2Cc3cc(-c4ccc(N(c5ccccc5)c5ccccc5)cc4)cc4c3N2c2c(cccc2C4(C)C)C1(C)C)N(c1ccccc1)c1cccc2c1C=CCC2.CC. The molecule has 0 amide bonds. The van der Waals surface area contributed by atoms with Crippen LogP contribution in [0.25, 0.3) is 17.2 Å². The highest BCUT2D eigenvalue weighted by Gasteiger charge is 2.49. The van der Waals surface area contributed by atoms with Gasteiger partial charge in [-0.15, -0.1) is 0 Å². The monoisotopic (exact) mass is 831 g/mol. The van der Waals surface area contributed by atoms with Gasteiger partial charge < -0.3 is 14.7 Å². The van der Waals surface area contributed by atoms with Crippen LogP contribution in [-0.4, -0.2) is 0 Å². The Morgan fingerprint density at radius 1 is 0.578 bits per heavy atom. The zero-order chi connectivity index (χ0) is 44.2. The van der Waals surface area contributed by atoms with Crippen molar-refractivity contribution >= 4 is 45.9 Å². The molecular formula is C61H57N3. The van der Waals surface area contributed by atoms with E-state index in [1.807, 2.05) is 13.8 Å². The van der Waals surface area contributed by atoms with Gasteiger partial charge in [0.1, 0.15) is 0 Å². The van der Waals surface area contributed by atoms with Crippen molar-refractivity contribution in [1.82, 2.24) is 0 Å². The number of aryl methyl sites for hydroxylation is 1. The molecule has 0 N–H and O–H groups in total. The first-order chi connectivity index (χ1) is 31.2. The first kappa shape index (κ1) is 40.9. The van der Waals surface area contributed by atoms with Crippen LogP contribution in [0.1, 0.15) is 81.3 Å². The van der Waals surface area contributed by atoms with Gasteiger partial charge in [-0.3, -0.25) is 0 Å². The van der Waals surface area contributed by atoms with E-state index in [1.165, 1.54) is 72.8 Å². The van der Waals surface area contributed by atoms with E-state index in [0.717, 1.165) is 47.7 Å². The molecule has 3 heterocycles. The first-order valence-corrected chi connectivity index (χ1v) is 23.1. The molecule has 0 atom stereocenters. The van der Waals surface area contributed by atoms with Crippen molar-refractivity contribution in [3.63, 3.8) is 0 Å². The van der Waals surface area contributed by atoms with Crippen LogP contribution in [0.4, 0.5) is 39.8 Å². The molecule has 0 saturated heterocycles. The summed E-state index contributed by atoms with van der Waals surface area (Å²) in [5, 5.41) is 0. The van der Waals surface area contributed by atoms with E-state index >= 15 is 0 Å². The third-order valence-corrected chi connectivity index (χ3v) is 13.8. The minimum absolute atomic E-state index is 0.200. The van der Waals surface area contributed by atoms with Gasteiger partial charge in [0, 0.05) is 57.0 Å². The quantitative estimate of drug-likeness (QED) is 0.134. The average molecular weight is 832 g/mol. The maximum atomic E-state index is 4.50. The highest BCUT2D eigenvalue weighted by Crippen LogP contribution is 2.62. The molecule has 64 heavy (non-hydrogen) atoms. The third kappa shape index (κ3) is 6.56. The number of benzene rings is 7. The van der Waals surface area contributed by atoms with Crippen LogP contribution in [0.15, 0.2) is 206 Å². The van der Waals surface area contributed by atoms with Crippen LogP contribution in [0.2, 0.25) is 0 Å². The minimum Gasteiger partial charge on any atom is -0.312 e. The van der Waals surface area contributed by atoms with E-state index in [0.29, 0.717) is 0 Å². The second-order valence-corrected chi connectivity index (χ2v) is 18.1. The van der Waals surface area contributed by atoms with Gasteiger partial charge in [-0.1, -0.05) is 157 Å². The molecule has 0 saturated carbocycles. The second-order valence-electron chi connectivity index (χ2n) is 18.1. The van der Waals surface area contributed by atoms with Gasteiger partial charge in [0.15, 0.2) is 0 Å². The average Bonchev–Trinajstić information content (AvgIpc) is 3.73. The Bertz CT molecular complexity index is 2950. The minimum atomic E-state index is -0.276. The molecule has 316 valence electrons. The molecule has 3 aliphatic heterocycles. The molecule has 0 radical (unpaired) electrons. The Hall–Kier alpha value is -7.10. The predicted octanol–water partition coefficient (Wildman–Crippen LogP) is 16.6. The summed E-state index contributed by atoms with van der Waals surface area (Å²) in [6.45, 7) is 18.2. The molecule has 3 heteroatoms. The Morgan fingerprint density at radius 2 is 1.17 bits per heavy atom. The van der Waals surface area contributed by atoms with Gasteiger partial charge in [-0.25, -0.2) is 0 Å². The molecular weight excluding hydrogens is 775 g/mol. The summed E-state index contributed by atoms with van der Waals surface area (Å²) in [5.74, 6) is 0. The number of allylic oxidation sites excluding steroid dienone is 5. The van der Waals surface area contributed by atoms with Gasteiger partial charge in [0.25, 0.3) is 0 Å². The fraction of sp³-hybridized carbons (Fsp3) is 0.180. The zero-order valence-corrected chi connectivity index (χ0v) is 38.1. The number of hydrogen-bond acceptors (Lipinski definition) is 3. The standard InChI is InChI=1S/C59H51N3.C2H6/c1-6-44(61(47-26-14-9-15-27-47)54-31-18-21-41-20-16-17-28-49(41)54)39-52-55-38-43-36-42(37-53-56(43)62(55)57-50(58(52,2)3)29-19-30-51(57)59(53,4)5)40-32-34-48(35-33-40)60(45-22-10-7-11-23-45)46-24-12-8-13-25-46;1-2/h6-15,17-19,21-37,39H,1,16,20,38H2,2-5H3;1-2H3/b44-39+;. The van der Waals surface area contributed by atoms with Crippen molar-refractivity contribution in [3.05, 3.63) is 239 Å². The van der Waals surface area contributed by atoms with E-state index < -0.39 is 0 Å². The lowest BCUT2D eigenvalue weighted by atomic mass is 9.67. The van der Waals surface area contributed by atoms with Crippen LogP contribution in [0.3, 0.4) is 0 Å². The van der Waals surface area contributed by atoms with Crippen LogP contribution >= 0.6 is 0 Å². The summed E-state index contributed by atoms with van der Waals surface area (Å²) < 4.78 is 0. The zero-order valence-electron chi connectivity index (χ0n) is 38.1. The Labute approximate surface area is 380 Å². The van der Waals surface area contributed by atoms with E-state index in [4.69, 9.17) is 0 Å². The van der Waals surface area contributed by atoms with Gasteiger partial charge in [0.2, 0.25) is 0 Å². The van der Waals surface area contributed by atoms with Crippen molar-refractivity contribution in [2.75, 3.05) is 14.7 Å². The summed E-state index contributed by atoms with van der Waals surface area (Å²) in [6, 6.07) is 60.0. The Kier molecular flexibility index (Phi) is 10.4. The maximum absolute atomic E-state index is 4.50. The lowest BCUT2D eigenvalue weighted by molar-refractivity contribution is 0.589. The maximum Gasteiger partial charge on any atom is 0.0540 e. The molecule has 7 aromatic carbocycles. The Balaban J connectivity index is 0.00000239. The summed E-state index contributed by atoms with van der Waals surface area (Å²) in [7, 11) is 0. The van der Waals surface area contributed by atoms with Crippen molar-refractivity contribution in [2.45, 2.75) is 71.6 Å². The predicted molar refractivity (Wildman–Crippen MR) is 273 cm³/mol. The smallest absolute Gasteiger partial charge is 0.0540 e. The topological polar surface area (TPSA) is 9.72 Å². The van der Waals surface area contributed by atoms with E-state index in [2.05, 4.69) is 237 Å². The number of para-hydroxylation sites is 4. The Morgan fingerprint density at radius 3 is 1.81 bits per heavy atom. The highest BCUT2D eigenvalue weighted by atomic mass is 15.2. The van der Waals surface area contributed by atoms with E-state index in [1.54, 1.807) is 0 Å². The largest absolute Gasteiger partial charge is 0.312 e. The van der Waals surface area contributed by atoms with Gasteiger partial charge in [0.05, 0.1) is 17.1 Å². The number of nitrogens with zero attached hydrogens (tertiary/aromatic N) is 3. The van der Waals surface area contributed by atoms with Crippen LogP contribution in [-0.2, 0) is 23.7 Å². The molecule has 0 aromatic heterocycles. The molecule has 3 nitrogen and oxygen atoms in total. The lowest BCUT2D eigenvalue weighted by Crippen LogP contribution is -2.39. The normalized spacial score (nSPS) is 15.7. The molecule has 1 aliphatic carbocycles. The summed E-state index contributed by atoms with van der Waals surface area (Å²) >= 11 is 0. The number of rotatable bonds is 9. The van der Waals surface area contributed by atoms with Crippen molar-refractivity contribution in [2.24, 2.45) is 0 Å². The lowest BCUT2D eigenvalue weighted by Gasteiger charge is -2.48. The van der Waals surface area contributed by atoms with Crippen LogP contribution in [0.5, 0.6) is 0 Å². The van der Waals surface area contributed by atoms with Gasteiger partial charge >= 0.3 is 0 Å². The number of hydrogen-bond donors (Lipinski definition) is 0. The molecule has 0 spiro atoms. The van der Waals surface area contributed by atoms with Gasteiger partial charge in [-0.05, 0) is 136 Å². The fourth-order valence-electron chi connectivity index (χ4n) is 10.7. The second kappa shape index (κ2) is 16.2. The molecule has 4 aliphatic rings. The highest BCUT2D eigenvalue weighted by molar-refractivity contribution is 5.93. The molecule has 7 aromatic rings. The first-order valence-electron chi connectivity index (χ1n) is 23.1. The molecule has 0 fully saturated rings. The number of fused-ring (bicyclic) bond motifs is 1. The summed E-state index contributed by atoms with van der Waals surface area (Å²) in [4.78, 5) is 7.39. The summed E-state index contributed by atoms with van der Waals surface area (Å²) in [6.07, 6.45) is 12.1. The summed E-state index contributed by atoms with van der Waals surface area (Å²) in [5.41, 5.74) is 22.4. The van der Waals surface area contributed by atoms with Crippen molar-refractivity contribution in [1.29, 1.82) is 0 Å². The van der Waals surface area contributed by atoms with Gasteiger partial charge in [-0.2, -0.15) is 0 Å². The fourth-order valence-corrected chi connectivity index (χ4v) is 10.7. The van der Waals surface area contributed by atoms with E-state index in [9.17, 15) is 0 Å². The van der Waals surface area contributed by atoms with E-state index in [-0.39, 0.29) is 10.8 Å². The van der Waals surface area contributed by atoms with Crippen LogP contribution in [0, 0.1) is 0 Å². The number of anilines is 7. The van der Waals surface area contributed by atoms with Crippen molar-refractivity contribution < 1.29 is 0 Å². The third-order valence-electron chi connectivity index (χ3n) is 13.8.